The molecule has 23 heavy (non-hydrogen) atoms. The summed E-state index contributed by atoms with van der Waals surface area (Å²) in [5.41, 5.74) is 0.557. The predicted molar refractivity (Wildman–Crippen MR) is 94.1 cm³/mol. The molecule has 1 aliphatic carbocycles. The number of aliphatic imine (C=N–C) groups is 1. The second-order valence-corrected chi connectivity index (χ2v) is 6.28. The second kappa shape index (κ2) is 8.20. The van der Waals surface area contributed by atoms with Crippen LogP contribution in [0.2, 0.25) is 0 Å². The molecular formula is C18H29N3O2. The van der Waals surface area contributed by atoms with Crippen LogP contribution >= 0.6 is 0 Å². The monoisotopic (exact) mass is 319 g/mol. The first-order chi connectivity index (χ1) is 11.0. The molecule has 0 bridgehead atoms. The molecule has 0 atom stereocenters. The molecule has 128 valence electrons. The Hall–Kier alpha value is -1.75. The molecule has 0 spiro atoms. The van der Waals surface area contributed by atoms with Gasteiger partial charge < -0.3 is 20.1 Å². The van der Waals surface area contributed by atoms with E-state index in [1.54, 1.807) is 0 Å². The Morgan fingerprint density at radius 2 is 2.13 bits per heavy atom. The smallest absolute Gasteiger partial charge is 0.193 e. The van der Waals surface area contributed by atoms with Gasteiger partial charge in [-0.15, -0.1) is 0 Å². The summed E-state index contributed by atoms with van der Waals surface area (Å²) in [5.74, 6) is 1.74. The Morgan fingerprint density at radius 3 is 2.74 bits per heavy atom. The maximum atomic E-state index is 10.2. The van der Waals surface area contributed by atoms with Crippen molar-refractivity contribution in [2.45, 2.75) is 38.7 Å². The molecule has 1 saturated carbocycles. The number of likely N-dealkylation sites (N-methyl/N-ethyl adjacent to an activating group) is 1. The third kappa shape index (κ3) is 5.13. The van der Waals surface area contributed by atoms with Crippen LogP contribution in [-0.2, 0) is 0 Å². The fourth-order valence-corrected chi connectivity index (χ4v) is 2.55. The fraction of sp³-hybridized carbons (Fsp3) is 0.611. The highest BCUT2D eigenvalue weighted by atomic mass is 16.5. The SMILES string of the molecule is CCNC(=NCC1(O)CCC1)N(C)CCOc1ccccc1C. The molecule has 0 aliphatic heterocycles. The molecular weight excluding hydrogens is 290 g/mol. The lowest BCUT2D eigenvalue weighted by Gasteiger charge is -2.35. The third-order valence-corrected chi connectivity index (χ3v) is 4.28. The van der Waals surface area contributed by atoms with E-state index in [0.717, 1.165) is 49.6 Å². The van der Waals surface area contributed by atoms with Gasteiger partial charge in [0, 0.05) is 13.6 Å². The molecule has 2 N–H and O–H groups in total. The molecule has 0 saturated heterocycles. The highest BCUT2D eigenvalue weighted by Crippen LogP contribution is 2.31. The average Bonchev–Trinajstić information content (AvgIpc) is 2.51. The van der Waals surface area contributed by atoms with Crippen LogP contribution in [0.15, 0.2) is 29.3 Å². The van der Waals surface area contributed by atoms with Crippen LogP contribution < -0.4 is 10.1 Å². The van der Waals surface area contributed by atoms with Crippen LogP contribution in [0.5, 0.6) is 5.75 Å². The van der Waals surface area contributed by atoms with Gasteiger partial charge in [0.15, 0.2) is 5.96 Å². The Balaban J connectivity index is 1.84. The van der Waals surface area contributed by atoms with Gasteiger partial charge in [-0.1, -0.05) is 18.2 Å². The largest absolute Gasteiger partial charge is 0.491 e. The van der Waals surface area contributed by atoms with Crippen LogP contribution in [-0.4, -0.2) is 54.9 Å². The van der Waals surface area contributed by atoms with Crippen LogP contribution in [0.25, 0.3) is 0 Å². The van der Waals surface area contributed by atoms with E-state index in [2.05, 4.69) is 10.3 Å². The first-order valence-corrected chi connectivity index (χ1v) is 8.44. The number of rotatable bonds is 7. The molecule has 0 amide bonds. The lowest BCUT2D eigenvalue weighted by molar-refractivity contribution is -0.0237. The van der Waals surface area contributed by atoms with Crippen LogP contribution in [0.4, 0.5) is 0 Å². The zero-order valence-corrected chi connectivity index (χ0v) is 14.5. The molecule has 0 aromatic heterocycles. The van der Waals surface area contributed by atoms with E-state index in [0.29, 0.717) is 13.2 Å². The number of hydrogen-bond donors (Lipinski definition) is 2. The predicted octanol–water partition coefficient (Wildman–Crippen LogP) is 2.19. The number of benzene rings is 1. The van der Waals surface area contributed by atoms with E-state index in [1.807, 2.05) is 50.1 Å². The minimum absolute atomic E-state index is 0.471. The minimum atomic E-state index is -0.584. The van der Waals surface area contributed by atoms with Crippen LogP contribution in [0, 0.1) is 6.92 Å². The molecule has 5 heteroatoms. The number of guanidine groups is 1. The van der Waals surface area contributed by atoms with E-state index in [4.69, 9.17) is 4.74 Å². The van der Waals surface area contributed by atoms with Crippen molar-refractivity contribution in [3.8, 4) is 5.75 Å². The number of hydrogen-bond acceptors (Lipinski definition) is 3. The van der Waals surface area contributed by atoms with E-state index >= 15 is 0 Å². The zero-order chi connectivity index (χ0) is 16.7. The number of para-hydroxylation sites is 1. The Labute approximate surface area is 139 Å². The van der Waals surface area contributed by atoms with Gasteiger partial charge in [-0.05, 0) is 44.7 Å². The van der Waals surface area contributed by atoms with Crippen molar-refractivity contribution in [2.24, 2.45) is 4.99 Å². The summed E-state index contributed by atoms with van der Waals surface area (Å²) in [6.07, 6.45) is 2.81. The standard InChI is InChI=1S/C18H29N3O2/c1-4-19-17(20-14-18(22)10-7-11-18)21(3)12-13-23-16-9-6-5-8-15(16)2/h5-6,8-9,22H,4,7,10-14H2,1-3H3,(H,19,20). The molecule has 0 unspecified atom stereocenters. The maximum absolute atomic E-state index is 10.2. The van der Waals surface area contributed by atoms with Crippen molar-refractivity contribution in [1.29, 1.82) is 0 Å². The van der Waals surface area contributed by atoms with Crippen molar-refractivity contribution in [1.82, 2.24) is 10.2 Å². The van der Waals surface area contributed by atoms with Crippen molar-refractivity contribution in [3.05, 3.63) is 29.8 Å². The Bertz CT molecular complexity index is 527. The number of ether oxygens (including phenoxy) is 1. The average molecular weight is 319 g/mol. The lowest BCUT2D eigenvalue weighted by Crippen LogP contribution is -2.44. The van der Waals surface area contributed by atoms with Gasteiger partial charge in [-0.25, -0.2) is 0 Å². The summed E-state index contributed by atoms with van der Waals surface area (Å²) in [4.78, 5) is 6.62. The number of nitrogens with one attached hydrogen (secondary N) is 1. The van der Waals surface area contributed by atoms with E-state index in [9.17, 15) is 5.11 Å². The maximum Gasteiger partial charge on any atom is 0.193 e. The van der Waals surface area contributed by atoms with Crippen molar-refractivity contribution >= 4 is 5.96 Å². The fourth-order valence-electron chi connectivity index (χ4n) is 2.55. The molecule has 1 aromatic rings. The van der Waals surface area contributed by atoms with Crippen molar-refractivity contribution < 1.29 is 9.84 Å². The van der Waals surface area contributed by atoms with Crippen LogP contribution in [0.1, 0.15) is 31.7 Å². The third-order valence-electron chi connectivity index (χ3n) is 4.28. The van der Waals surface area contributed by atoms with E-state index in [-0.39, 0.29) is 0 Å². The first-order valence-electron chi connectivity index (χ1n) is 8.44. The molecule has 1 aromatic carbocycles. The second-order valence-electron chi connectivity index (χ2n) is 6.28. The number of aryl methyl sites for hydroxylation is 1. The number of nitrogens with zero attached hydrogens (tertiary/aromatic N) is 2. The Morgan fingerprint density at radius 1 is 1.39 bits per heavy atom. The van der Waals surface area contributed by atoms with Crippen molar-refractivity contribution in [3.63, 3.8) is 0 Å². The van der Waals surface area contributed by atoms with Gasteiger partial charge in [0.1, 0.15) is 12.4 Å². The lowest BCUT2D eigenvalue weighted by atomic mass is 9.80. The summed E-state index contributed by atoms with van der Waals surface area (Å²) < 4.78 is 5.84. The van der Waals surface area contributed by atoms with Gasteiger partial charge in [-0.2, -0.15) is 0 Å². The highest BCUT2D eigenvalue weighted by Gasteiger charge is 2.34. The molecule has 0 heterocycles. The quantitative estimate of drug-likeness (QED) is 0.597. The highest BCUT2D eigenvalue weighted by molar-refractivity contribution is 5.79. The summed E-state index contributed by atoms with van der Waals surface area (Å²) in [5, 5.41) is 13.5. The summed E-state index contributed by atoms with van der Waals surface area (Å²) >= 11 is 0. The molecule has 0 radical (unpaired) electrons. The van der Waals surface area contributed by atoms with Gasteiger partial charge in [-0.3, -0.25) is 4.99 Å². The molecule has 2 rings (SSSR count). The summed E-state index contributed by atoms with van der Waals surface area (Å²) in [7, 11) is 1.99. The van der Waals surface area contributed by atoms with Gasteiger partial charge in [0.2, 0.25) is 0 Å². The normalized spacial score (nSPS) is 16.6. The number of aliphatic hydroxyl groups is 1. The summed E-state index contributed by atoms with van der Waals surface area (Å²) in [6.45, 7) is 6.70. The van der Waals surface area contributed by atoms with Crippen molar-refractivity contribution in [2.75, 3.05) is 33.3 Å². The zero-order valence-electron chi connectivity index (χ0n) is 14.5. The van der Waals surface area contributed by atoms with Gasteiger partial charge in [0.25, 0.3) is 0 Å². The van der Waals surface area contributed by atoms with E-state index in [1.165, 1.54) is 0 Å². The van der Waals surface area contributed by atoms with Gasteiger partial charge in [0.05, 0.1) is 18.7 Å². The molecule has 1 aliphatic rings. The minimum Gasteiger partial charge on any atom is -0.491 e. The summed E-state index contributed by atoms with van der Waals surface area (Å²) in [6, 6.07) is 8.02. The first kappa shape index (κ1) is 17.6. The molecule has 5 nitrogen and oxygen atoms in total. The van der Waals surface area contributed by atoms with E-state index < -0.39 is 5.60 Å². The topological polar surface area (TPSA) is 57.1 Å². The van der Waals surface area contributed by atoms with Gasteiger partial charge >= 0.3 is 0 Å². The molecule has 1 fully saturated rings. The Kier molecular flexibility index (Phi) is 6.28. The van der Waals surface area contributed by atoms with Crippen LogP contribution in [0.3, 0.4) is 0 Å².